The number of para-hydroxylation sites is 1. The summed E-state index contributed by atoms with van der Waals surface area (Å²) in [6.45, 7) is 0. The standard InChI is InChI=1S/C12H10N2OS2/c13-11(16)9-3-1-2-4-10(9)14-12(15)8-5-6-17-7-8/h1-7H,(H2,13,16)(H,14,15). The molecule has 86 valence electrons. The molecular weight excluding hydrogens is 252 g/mol. The Balaban J connectivity index is 2.25. The van der Waals surface area contributed by atoms with Crippen molar-refractivity contribution in [3.8, 4) is 0 Å². The van der Waals surface area contributed by atoms with Crippen LogP contribution in [0.2, 0.25) is 0 Å². The summed E-state index contributed by atoms with van der Waals surface area (Å²) in [6.07, 6.45) is 0. The molecule has 17 heavy (non-hydrogen) atoms. The second-order valence-electron chi connectivity index (χ2n) is 3.38. The Morgan fingerprint density at radius 3 is 2.71 bits per heavy atom. The van der Waals surface area contributed by atoms with E-state index >= 15 is 0 Å². The average Bonchev–Trinajstić information content (AvgIpc) is 2.83. The van der Waals surface area contributed by atoms with Gasteiger partial charge in [-0.2, -0.15) is 11.3 Å². The largest absolute Gasteiger partial charge is 0.389 e. The van der Waals surface area contributed by atoms with Gasteiger partial charge in [-0.05, 0) is 23.6 Å². The number of anilines is 1. The maximum atomic E-state index is 11.9. The van der Waals surface area contributed by atoms with Crippen molar-refractivity contribution in [2.75, 3.05) is 5.32 Å². The third-order valence-corrected chi connectivity index (χ3v) is 3.13. The normalized spacial score (nSPS) is 9.88. The van der Waals surface area contributed by atoms with E-state index in [1.54, 1.807) is 23.6 Å². The quantitative estimate of drug-likeness (QED) is 0.836. The Labute approximate surface area is 108 Å². The van der Waals surface area contributed by atoms with E-state index in [1.165, 1.54) is 11.3 Å². The number of rotatable bonds is 3. The molecule has 2 aromatic rings. The molecule has 0 saturated heterocycles. The first-order valence-electron chi connectivity index (χ1n) is 4.91. The number of benzene rings is 1. The number of thiophene rings is 1. The molecule has 0 fully saturated rings. The molecule has 0 aliphatic carbocycles. The van der Waals surface area contributed by atoms with E-state index in [0.29, 0.717) is 16.8 Å². The molecule has 0 saturated carbocycles. The molecule has 5 heteroatoms. The summed E-state index contributed by atoms with van der Waals surface area (Å²) in [5.74, 6) is -0.157. The second-order valence-corrected chi connectivity index (χ2v) is 4.60. The van der Waals surface area contributed by atoms with Gasteiger partial charge in [0, 0.05) is 10.9 Å². The fourth-order valence-electron chi connectivity index (χ4n) is 1.40. The van der Waals surface area contributed by atoms with Crippen molar-refractivity contribution >= 4 is 40.1 Å². The fourth-order valence-corrected chi connectivity index (χ4v) is 2.21. The average molecular weight is 262 g/mol. The van der Waals surface area contributed by atoms with Crippen LogP contribution in [0.15, 0.2) is 41.1 Å². The Kier molecular flexibility index (Phi) is 3.51. The van der Waals surface area contributed by atoms with E-state index in [9.17, 15) is 4.79 Å². The summed E-state index contributed by atoms with van der Waals surface area (Å²) >= 11 is 6.41. The molecule has 0 aliphatic rings. The van der Waals surface area contributed by atoms with Crippen LogP contribution in [0.25, 0.3) is 0 Å². The molecule has 1 aromatic carbocycles. The molecule has 3 N–H and O–H groups in total. The first kappa shape index (κ1) is 11.8. The number of thiocarbonyl (C=S) groups is 1. The van der Waals surface area contributed by atoms with Gasteiger partial charge in [-0.15, -0.1) is 0 Å². The second kappa shape index (κ2) is 5.07. The Bertz CT molecular complexity index is 549. The van der Waals surface area contributed by atoms with Crippen molar-refractivity contribution < 1.29 is 4.79 Å². The van der Waals surface area contributed by atoms with E-state index in [0.717, 1.165) is 0 Å². The number of nitrogens with two attached hydrogens (primary N) is 1. The predicted molar refractivity (Wildman–Crippen MR) is 74.6 cm³/mol. The number of nitrogens with one attached hydrogen (secondary N) is 1. The van der Waals surface area contributed by atoms with Crippen molar-refractivity contribution in [1.29, 1.82) is 0 Å². The molecule has 2 rings (SSSR count). The molecular formula is C12H10N2OS2. The number of carbonyl (C=O) groups excluding carboxylic acids is 1. The third kappa shape index (κ3) is 2.69. The van der Waals surface area contributed by atoms with Crippen molar-refractivity contribution in [2.24, 2.45) is 5.73 Å². The molecule has 0 unspecified atom stereocenters. The predicted octanol–water partition coefficient (Wildman–Crippen LogP) is 2.63. The lowest BCUT2D eigenvalue weighted by atomic mass is 10.1. The van der Waals surface area contributed by atoms with Gasteiger partial charge in [-0.25, -0.2) is 0 Å². The summed E-state index contributed by atoms with van der Waals surface area (Å²) in [4.78, 5) is 12.1. The molecule has 0 aliphatic heterocycles. The molecule has 0 radical (unpaired) electrons. The van der Waals surface area contributed by atoms with Crippen molar-refractivity contribution in [1.82, 2.24) is 0 Å². The van der Waals surface area contributed by atoms with Gasteiger partial charge in [0.1, 0.15) is 4.99 Å². The van der Waals surface area contributed by atoms with E-state index < -0.39 is 0 Å². The van der Waals surface area contributed by atoms with Crippen LogP contribution < -0.4 is 11.1 Å². The van der Waals surface area contributed by atoms with Crippen LogP contribution in [0.3, 0.4) is 0 Å². The van der Waals surface area contributed by atoms with Gasteiger partial charge in [0.05, 0.1) is 11.3 Å². The molecule has 0 spiro atoms. The Hall–Kier alpha value is -1.72. The van der Waals surface area contributed by atoms with Gasteiger partial charge in [0.2, 0.25) is 0 Å². The molecule has 1 amide bonds. The van der Waals surface area contributed by atoms with Gasteiger partial charge in [0.15, 0.2) is 0 Å². The lowest BCUT2D eigenvalue weighted by molar-refractivity contribution is 0.102. The van der Waals surface area contributed by atoms with Crippen LogP contribution >= 0.6 is 23.6 Å². The summed E-state index contributed by atoms with van der Waals surface area (Å²) in [6, 6.07) is 8.98. The molecule has 1 heterocycles. The Morgan fingerprint density at radius 1 is 1.29 bits per heavy atom. The van der Waals surface area contributed by atoms with Gasteiger partial charge in [-0.1, -0.05) is 24.4 Å². The maximum Gasteiger partial charge on any atom is 0.256 e. The van der Waals surface area contributed by atoms with Gasteiger partial charge in [-0.3, -0.25) is 4.79 Å². The van der Waals surface area contributed by atoms with Crippen LogP contribution in [-0.4, -0.2) is 10.9 Å². The summed E-state index contributed by atoms with van der Waals surface area (Å²) in [5, 5.41) is 6.44. The van der Waals surface area contributed by atoms with E-state index in [4.69, 9.17) is 18.0 Å². The van der Waals surface area contributed by atoms with Gasteiger partial charge in [0.25, 0.3) is 5.91 Å². The van der Waals surface area contributed by atoms with Crippen molar-refractivity contribution in [3.63, 3.8) is 0 Å². The highest BCUT2D eigenvalue weighted by Crippen LogP contribution is 2.16. The first-order valence-corrected chi connectivity index (χ1v) is 6.26. The van der Waals surface area contributed by atoms with E-state index in [-0.39, 0.29) is 10.9 Å². The number of carbonyl (C=O) groups is 1. The zero-order valence-corrected chi connectivity index (χ0v) is 10.5. The van der Waals surface area contributed by atoms with Crippen LogP contribution in [0.1, 0.15) is 15.9 Å². The van der Waals surface area contributed by atoms with E-state index in [2.05, 4.69) is 5.32 Å². The zero-order valence-electron chi connectivity index (χ0n) is 8.84. The minimum Gasteiger partial charge on any atom is -0.389 e. The molecule has 0 bridgehead atoms. The highest BCUT2D eigenvalue weighted by atomic mass is 32.1. The van der Waals surface area contributed by atoms with Gasteiger partial charge < -0.3 is 11.1 Å². The highest BCUT2D eigenvalue weighted by molar-refractivity contribution is 7.80. The topological polar surface area (TPSA) is 55.1 Å². The number of hydrogen-bond acceptors (Lipinski definition) is 3. The monoisotopic (exact) mass is 262 g/mol. The fraction of sp³-hybridized carbons (Fsp3) is 0. The van der Waals surface area contributed by atoms with Crippen LogP contribution in [0, 0.1) is 0 Å². The SMILES string of the molecule is NC(=S)c1ccccc1NC(=O)c1ccsc1. The summed E-state index contributed by atoms with van der Waals surface area (Å²) in [5.41, 5.74) is 7.53. The third-order valence-electron chi connectivity index (χ3n) is 2.22. The Morgan fingerprint density at radius 2 is 2.06 bits per heavy atom. The van der Waals surface area contributed by atoms with E-state index in [1.807, 2.05) is 17.5 Å². The van der Waals surface area contributed by atoms with Crippen molar-refractivity contribution in [3.05, 3.63) is 52.2 Å². The van der Waals surface area contributed by atoms with Crippen LogP contribution in [-0.2, 0) is 0 Å². The molecule has 3 nitrogen and oxygen atoms in total. The highest BCUT2D eigenvalue weighted by Gasteiger charge is 2.09. The summed E-state index contributed by atoms with van der Waals surface area (Å²) < 4.78 is 0. The smallest absolute Gasteiger partial charge is 0.256 e. The number of amides is 1. The summed E-state index contributed by atoms with van der Waals surface area (Å²) in [7, 11) is 0. The lowest BCUT2D eigenvalue weighted by Crippen LogP contribution is -2.17. The van der Waals surface area contributed by atoms with Crippen LogP contribution in [0.4, 0.5) is 5.69 Å². The minimum absolute atomic E-state index is 0.157. The zero-order chi connectivity index (χ0) is 12.3. The van der Waals surface area contributed by atoms with Crippen molar-refractivity contribution in [2.45, 2.75) is 0 Å². The molecule has 1 aromatic heterocycles. The lowest BCUT2D eigenvalue weighted by Gasteiger charge is -2.08. The molecule has 0 atom stereocenters. The van der Waals surface area contributed by atoms with Crippen LogP contribution in [0.5, 0.6) is 0 Å². The first-order chi connectivity index (χ1) is 8.18. The maximum absolute atomic E-state index is 11.9. The number of hydrogen-bond donors (Lipinski definition) is 2. The van der Waals surface area contributed by atoms with Gasteiger partial charge >= 0.3 is 0 Å². The minimum atomic E-state index is -0.157.